The predicted octanol–water partition coefficient (Wildman–Crippen LogP) is -0.0808. The van der Waals surface area contributed by atoms with Crippen LogP contribution in [0.3, 0.4) is 0 Å². The van der Waals surface area contributed by atoms with Crippen LogP contribution in [0.15, 0.2) is 0 Å². The Hall–Kier alpha value is -1.10. The molecular weight excluding hydrogens is 196 g/mol. The Bertz CT molecular complexity index is 205. The summed E-state index contributed by atoms with van der Waals surface area (Å²) in [5, 5.41) is 11.6. The number of carbonyl (C=O) groups is 2. The maximum absolute atomic E-state index is 11.0. The highest BCUT2D eigenvalue weighted by Crippen LogP contribution is 1.98. The van der Waals surface area contributed by atoms with Crippen LogP contribution in [-0.4, -0.2) is 29.6 Å². The molecule has 1 atom stereocenters. The monoisotopic (exact) mass is 216 g/mol. The third-order valence-electron chi connectivity index (χ3n) is 1.90. The zero-order valence-electron chi connectivity index (χ0n) is 9.16. The van der Waals surface area contributed by atoms with Gasteiger partial charge in [0.05, 0.1) is 12.5 Å². The highest BCUT2D eigenvalue weighted by molar-refractivity contribution is 5.76. The second kappa shape index (κ2) is 8.23. The van der Waals surface area contributed by atoms with Crippen LogP contribution in [0.25, 0.3) is 0 Å². The lowest BCUT2D eigenvalue weighted by molar-refractivity contribution is -0.123. The number of unbranched alkanes of at least 4 members (excludes halogenated alkanes) is 2. The normalized spacial score (nSPS) is 12.1. The Morgan fingerprint density at radius 3 is 2.53 bits per heavy atom. The van der Waals surface area contributed by atoms with Crippen molar-refractivity contribution in [3.63, 3.8) is 0 Å². The molecular formula is C10H20N2O3. The summed E-state index contributed by atoms with van der Waals surface area (Å²) in [7, 11) is 0. The van der Waals surface area contributed by atoms with Crippen LogP contribution in [0.4, 0.5) is 0 Å². The Labute approximate surface area is 90.0 Å². The van der Waals surface area contributed by atoms with Crippen LogP contribution in [0, 0.1) is 0 Å². The van der Waals surface area contributed by atoms with Crippen molar-refractivity contribution < 1.29 is 14.7 Å². The van der Waals surface area contributed by atoms with Crippen molar-refractivity contribution in [2.45, 2.75) is 45.1 Å². The van der Waals surface area contributed by atoms with E-state index >= 15 is 0 Å². The van der Waals surface area contributed by atoms with E-state index in [1.807, 2.05) is 0 Å². The third-order valence-corrected chi connectivity index (χ3v) is 1.90. The molecule has 5 heteroatoms. The summed E-state index contributed by atoms with van der Waals surface area (Å²) >= 11 is 0. The fourth-order valence-corrected chi connectivity index (χ4v) is 1.17. The van der Waals surface area contributed by atoms with Gasteiger partial charge in [0.15, 0.2) is 0 Å². The molecule has 0 rings (SSSR count). The van der Waals surface area contributed by atoms with Crippen LogP contribution in [0.5, 0.6) is 0 Å². The van der Waals surface area contributed by atoms with Crippen LogP contribution < -0.4 is 11.1 Å². The van der Waals surface area contributed by atoms with Crippen molar-refractivity contribution in [2.24, 2.45) is 5.73 Å². The largest absolute Gasteiger partial charge is 0.393 e. The lowest BCUT2D eigenvalue weighted by Crippen LogP contribution is -2.27. The molecule has 5 nitrogen and oxygen atoms in total. The molecule has 88 valence electrons. The fraction of sp³-hybridized carbons (Fsp3) is 0.800. The first kappa shape index (κ1) is 13.9. The fourth-order valence-electron chi connectivity index (χ4n) is 1.17. The first-order chi connectivity index (χ1) is 7.02. The van der Waals surface area contributed by atoms with E-state index in [2.05, 4.69) is 5.32 Å². The second-order valence-electron chi connectivity index (χ2n) is 3.68. The van der Waals surface area contributed by atoms with Gasteiger partial charge in [-0.25, -0.2) is 0 Å². The number of amides is 2. The van der Waals surface area contributed by atoms with Crippen LogP contribution >= 0.6 is 0 Å². The summed E-state index contributed by atoms with van der Waals surface area (Å²) in [6, 6.07) is 0. The number of carbonyl (C=O) groups excluding carboxylic acids is 2. The number of aliphatic hydroxyl groups is 1. The average Bonchev–Trinajstić information content (AvgIpc) is 2.09. The standard InChI is InChI=1S/C10H20N2O3/c1-8(13)7-10(15)12-6-4-2-3-5-9(11)14/h8,13H,2-7H2,1H3,(H2,11,14)(H,12,15). The maximum atomic E-state index is 11.0. The molecule has 15 heavy (non-hydrogen) atoms. The van der Waals surface area contributed by atoms with Crippen LogP contribution in [0.2, 0.25) is 0 Å². The van der Waals surface area contributed by atoms with Crippen LogP contribution in [-0.2, 0) is 9.59 Å². The predicted molar refractivity (Wildman–Crippen MR) is 57.0 cm³/mol. The molecule has 0 aliphatic rings. The molecule has 0 radical (unpaired) electrons. The SMILES string of the molecule is CC(O)CC(=O)NCCCCCC(N)=O. The number of nitrogens with two attached hydrogens (primary N) is 1. The van der Waals surface area contributed by atoms with E-state index in [9.17, 15) is 9.59 Å². The number of rotatable bonds is 8. The first-order valence-electron chi connectivity index (χ1n) is 5.25. The molecule has 1 unspecified atom stereocenters. The van der Waals surface area contributed by atoms with Gasteiger partial charge in [-0.05, 0) is 19.8 Å². The smallest absolute Gasteiger partial charge is 0.222 e. The van der Waals surface area contributed by atoms with E-state index in [0.29, 0.717) is 13.0 Å². The Balaban J connectivity index is 3.24. The Morgan fingerprint density at radius 1 is 1.33 bits per heavy atom. The molecule has 0 aromatic rings. The number of hydrogen-bond acceptors (Lipinski definition) is 3. The van der Waals surface area contributed by atoms with Gasteiger partial charge in [-0.1, -0.05) is 6.42 Å². The summed E-state index contributed by atoms with van der Waals surface area (Å²) in [6.45, 7) is 2.16. The minimum Gasteiger partial charge on any atom is -0.393 e. The molecule has 0 saturated carbocycles. The van der Waals surface area contributed by atoms with Crippen molar-refractivity contribution in [1.29, 1.82) is 0 Å². The molecule has 0 aromatic heterocycles. The second-order valence-corrected chi connectivity index (χ2v) is 3.68. The lowest BCUT2D eigenvalue weighted by atomic mass is 10.2. The molecule has 0 fully saturated rings. The highest BCUT2D eigenvalue weighted by atomic mass is 16.3. The van der Waals surface area contributed by atoms with Crippen molar-refractivity contribution in [1.82, 2.24) is 5.32 Å². The molecule has 2 amide bonds. The molecule has 0 aliphatic heterocycles. The highest BCUT2D eigenvalue weighted by Gasteiger charge is 2.04. The first-order valence-corrected chi connectivity index (χ1v) is 5.25. The van der Waals surface area contributed by atoms with Crippen molar-refractivity contribution in [2.75, 3.05) is 6.54 Å². The molecule has 0 bridgehead atoms. The van der Waals surface area contributed by atoms with E-state index in [4.69, 9.17) is 10.8 Å². The number of aliphatic hydroxyl groups excluding tert-OH is 1. The van der Waals surface area contributed by atoms with Gasteiger partial charge < -0.3 is 16.2 Å². The number of hydrogen-bond donors (Lipinski definition) is 3. The van der Waals surface area contributed by atoms with Gasteiger partial charge in [0.2, 0.25) is 11.8 Å². The lowest BCUT2D eigenvalue weighted by Gasteiger charge is -2.06. The zero-order chi connectivity index (χ0) is 11.7. The van der Waals surface area contributed by atoms with Crippen molar-refractivity contribution in [3.8, 4) is 0 Å². The molecule has 0 aromatic carbocycles. The van der Waals surface area contributed by atoms with Crippen LogP contribution in [0.1, 0.15) is 39.0 Å². The zero-order valence-corrected chi connectivity index (χ0v) is 9.16. The van der Waals surface area contributed by atoms with E-state index in [1.165, 1.54) is 0 Å². The summed E-state index contributed by atoms with van der Waals surface area (Å²) in [6.07, 6.45) is 2.42. The minimum absolute atomic E-state index is 0.139. The van der Waals surface area contributed by atoms with Gasteiger partial charge in [0.25, 0.3) is 0 Å². The average molecular weight is 216 g/mol. The third kappa shape index (κ3) is 10.8. The quantitative estimate of drug-likeness (QED) is 0.495. The molecule has 0 aliphatic carbocycles. The van der Waals surface area contributed by atoms with E-state index in [-0.39, 0.29) is 18.2 Å². The molecule has 4 N–H and O–H groups in total. The van der Waals surface area contributed by atoms with E-state index in [0.717, 1.165) is 19.3 Å². The summed E-state index contributed by atoms with van der Waals surface area (Å²) in [5.41, 5.74) is 4.97. The summed E-state index contributed by atoms with van der Waals surface area (Å²) < 4.78 is 0. The van der Waals surface area contributed by atoms with Gasteiger partial charge in [0.1, 0.15) is 0 Å². The van der Waals surface area contributed by atoms with Gasteiger partial charge in [-0.2, -0.15) is 0 Å². The van der Waals surface area contributed by atoms with Gasteiger partial charge in [-0.3, -0.25) is 9.59 Å². The summed E-state index contributed by atoms with van der Waals surface area (Å²) in [4.78, 5) is 21.4. The van der Waals surface area contributed by atoms with Gasteiger partial charge in [0, 0.05) is 13.0 Å². The van der Waals surface area contributed by atoms with Crippen molar-refractivity contribution >= 4 is 11.8 Å². The summed E-state index contributed by atoms with van der Waals surface area (Å²) in [5.74, 6) is -0.423. The van der Waals surface area contributed by atoms with E-state index in [1.54, 1.807) is 6.92 Å². The van der Waals surface area contributed by atoms with E-state index < -0.39 is 6.10 Å². The van der Waals surface area contributed by atoms with Gasteiger partial charge >= 0.3 is 0 Å². The topological polar surface area (TPSA) is 92.4 Å². The molecule has 0 spiro atoms. The number of nitrogens with one attached hydrogen (secondary N) is 1. The van der Waals surface area contributed by atoms with Crippen molar-refractivity contribution in [3.05, 3.63) is 0 Å². The molecule has 0 heterocycles. The maximum Gasteiger partial charge on any atom is 0.222 e. The Kier molecular flexibility index (Phi) is 7.62. The molecule has 0 saturated heterocycles. The Morgan fingerprint density at radius 2 is 2.00 bits per heavy atom. The minimum atomic E-state index is -0.597. The number of primary amides is 1. The van der Waals surface area contributed by atoms with Gasteiger partial charge in [-0.15, -0.1) is 0 Å².